The Bertz CT molecular complexity index is 75.7. The Hall–Kier alpha value is -0.0800. The molecule has 2 atom stereocenters. The molecule has 0 radical (unpaired) electrons. The summed E-state index contributed by atoms with van der Waals surface area (Å²) in [4.78, 5) is 0. The average molecular weight is 145 g/mol. The molecule has 0 aromatic heterocycles. The molecule has 0 bridgehead atoms. The van der Waals surface area contributed by atoms with Crippen molar-refractivity contribution in [2.24, 2.45) is 5.92 Å². The van der Waals surface area contributed by atoms with Crippen LogP contribution in [-0.4, -0.2) is 24.3 Å². The van der Waals surface area contributed by atoms with Crippen molar-refractivity contribution in [3.05, 3.63) is 0 Å². The fourth-order valence-corrected chi connectivity index (χ4v) is 1.16. The first-order valence-electron chi connectivity index (χ1n) is 4.17. The number of hydrogen-bond acceptors (Lipinski definition) is 2. The molecule has 62 valence electrons. The maximum Gasteiger partial charge on any atom is 0.0584 e. The number of rotatable bonds is 1. The zero-order valence-electron chi connectivity index (χ0n) is 7.22. The summed E-state index contributed by atoms with van der Waals surface area (Å²) >= 11 is 0. The van der Waals surface area contributed by atoms with Gasteiger partial charge in [-0.2, -0.15) is 0 Å². The van der Waals surface area contributed by atoms with Crippen LogP contribution in [0.3, 0.4) is 0 Å². The predicted octanol–water partition coefficient (Wildman–Crippen LogP) is 1.00. The van der Waals surface area contributed by atoms with Crippen molar-refractivity contribution in [3.63, 3.8) is 0 Å². The van der Waals surface area contributed by atoms with E-state index in [0.717, 1.165) is 18.9 Å². The molecular formula is C8H19NO. The Morgan fingerprint density at radius 2 is 2.10 bits per heavy atom. The summed E-state index contributed by atoms with van der Waals surface area (Å²) in [5.74, 6) is 0.757. The first-order valence-corrected chi connectivity index (χ1v) is 4.17. The third-order valence-electron chi connectivity index (χ3n) is 1.66. The molecule has 2 N–H and O–H groups in total. The Balaban J connectivity index is 0.000000371. The quantitative estimate of drug-likeness (QED) is 0.577. The molecular weight excluding hydrogens is 126 g/mol. The molecule has 2 nitrogen and oxygen atoms in total. The topological polar surface area (TPSA) is 32.3 Å². The Morgan fingerprint density at radius 1 is 1.50 bits per heavy atom. The molecule has 0 spiro atoms. The van der Waals surface area contributed by atoms with Crippen LogP contribution < -0.4 is 5.32 Å². The molecule has 1 saturated heterocycles. The predicted molar refractivity (Wildman–Crippen MR) is 44.0 cm³/mol. The first-order chi connectivity index (χ1) is 4.83. The monoisotopic (exact) mass is 145 g/mol. The normalized spacial score (nSPS) is 31.2. The van der Waals surface area contributed by atoms with Gasteiger partial charge in [0.1, 0.15) is 0 Å². The molecule has 1 fully saturated rings. The lowest BCUT2D eigenvalue weighted by Gasteiger charge is -2.02. The molecule has 2 unspecified atom stereocenters. The van der Waals surface area contributed by atoms with Crippen LogP contribution in [0.4, 0.5) is 0 Å². The lowest BCUT2D eigenvalue weighted by atomic mass is 10.1. The minimum Gasteiger partial charge on any atom is -0.395 e. The second kappa shape index (κ2) is 5.69. The minimum atomic E-state index is 0.296. The van der Waals surface area contributed by atoms with Gasteiger partial charge in [-0.1, -0.05) is 20.8 Å². The second-order valence-corrected chi connectivity index (χ2v) is 2.63. The molecule has 0 aromatic carbocycles. The number of aliphatic hydroxyl groups excluding tert-OH is 1. The van der Waals surface area contributed by atoms with Crippen LogP contribution in [-0.2, 0) is 0 Å². The van der Waals surface area contributed by atoms with Crippen LogP contribution in [0.5, 0.6) is 0 Å². The summed E-state index contributed by atoms with van der Waals surface area (Å²) in [7, 11) is 0. The lowest BCUT2D eigenvalue weighted by molar-refractivity contribution is 0.253. The zero-order chi connectivity index (χ0) is 7.98. The summed E-state index contributed by atoms with van der Waals surface area (Å²) in [5.41, 5.74) is 0. The highest BCUT2D eigenvalue weighted by Crippen LogP contribution is 2.11. The van der Waals surface area contributed by atoms with E-state index in [1.807, 2.05) is 13.8 Å². The van der Waals surface area contributed by atoms with Crippen molar-refractivity contribution in [1.29, 1.82) is 0 Å². The van der Waals surface area contributed by atoms with Gasteiger partial charge < -0.3 is 10.4 Å². The van der Waals surface area contributed by atoms with Crippen molar-refractivity contribution in [1.82, 2.24) is 5.32 Å². The number of aliphatic hydroxyl groups is 1. The molecule has 0 saturated carbocycles. The van der Waals surface area contributed by atoms with Crippen LogP contribution in [0.25, 0.3) is 0 Å². The van der Waals surface area contributed by atoms with Gasteiger partial charge in [0.15, 0.2) is 0 Å². The lowest BCUT2D eigenvalue weighted by Crippen LogP contribution is -2.24. The maximum atomic E-state index is 8.62. The van der Waals surface area contributed by atoms with E-state index in [2.05, 4.69) is 12.2 Å². The number of hydrogen-bond donors (Lipinski definition) is 2. The molecule has 1 rings (SSSR count). The SMILES string of the molecule is CC.CC1CNC(CO)C1. The standard InChI is InChI=1S/C6H13NO.C2H6/c1-5-2-6(4-8)7-3-5;1-2/h5-8H,2-4H2,1H3;1-2H3. The summed E-state index contributed by atoms with van der Waals surface area (Å²) in [6.07, 6.45) is 1.14. The summed E-state index contributed by atoms with van der Waals surface area (Å²) < 4.78 is 0. The molecule has 10 heavy (non-hydrogen) atoms. The fraction of sp³-hybridized carbons (Fsp3) is 1.00. The third kappa shape index (κ3) is 3.18. The van der Waals surface area contributed by atoms with Crippen LogP contribution in [0.15, 0.2) is 0 Å². The minimum absolute atomic E-state index is 0.296. The van der Waals surface area contributed by atoms with Gasteiger partial charge in [-0.3, -0.25) is 0 Å². The van der Waals surface area contributed by atoms with Gasteiger partial charge in [-0.15, -0.1) is 0 Å². The second-order valence-electron chi connectivity index (χ2n) is 2.63. The molecule has 2 heteroatoms. The van der Waals surface area contributed by atoms with Gasteiger partial charge in [-0.25, -0.2) is 0 Å². The zero-order valence-corrected chi connectivity index (χ0v) is 7.22. The van der Waals surface area contributed by atoms with E-state index in [1.165, 1.54) is 0 Å². The van der Waals surface area contributed by atoms with E-state index in [9.17, 15) is 0 Å². The highest BCUT2D eigenvalue weighted by molar-refractivity contribution is 4.77. The van der Waals surface area contributed by atoms with Crippen LogP contribution in [0, 0.1) is 5.92 Å². The summed E-state index contributed by atoms with van der Waals surface area (Å²) in [6.45, 7) is 7.57. The Labute approximate surface area is 63.6 Å². The van der Waals surface area contributed by atoms with E-state index in [1.54, 1.807) is 0 Å². The van der Waals surface area contributed by atoms with Crippen molar-refractivity contribution >= 4 is 0 Å². The van der Waals surface area contributed by atoms with Gasteiger partial charge in [0.25, 0.3) is 0 Å². The molecule has 0 aliphatic carbocycles. The highest BCUT2D eigenvalue weighted by Gasteiger charge is 2.18. The van der Waals surface area contributed by atoms with Crippen LogP contribution in [0.2, 0.25) is 0 Å². The summed E-state index contributed by atoms with van der Waals surface area (Å²) in [5, 5.41) is 11.8. The van der Waals surface area contributed by atoms with Crippen molar-refractivity contribution < 1.29 is 5.11 Å². The molecule has 1 aliphatic rings. The van der Waals surface area contributed by atoms with Crippen molar-refractivity contribution in [2.45, 2.75) is 33.2 Å². The fourth-order valence-electron chi connectivity index (χ4n) is 1.16. The molecule has 1 aliphatic heterocycles. The Morgan fingerprint density at radius 3 is 2.30 bits per heavy atom. The van der Waals surface area contributed by atoms with Gasteiger partial charge in [-0.05, 0) is 18.9 Å². The van der Waals surface area contributed by atoms with E-state index >= 15 is 0 Å². The maximum absolute atomic E-state index is 8.62. The summed E-state index contributed by atoms with van der Waals surface area (Å²) in [6, 6.07) is 0.380. The van der Waals surface area contributed by atoms with Gasteiger partial charge in [0.2, 0.25) is 0 Å². The van der Waals surface area contributed by atoms with Gasteiger partial charge in [0.05, 0.1) is 6.61 Å². The third-order valence-corrected chi connectivity index (χ3v) is 1.66. The largest absolute Gasteiger partial charge is 0.395 e. The average Bonchev–Trinajstić information content (AvgIpc) is 2.40. The first kappa shape index (κ1) is 9.92. The van der Waals surface area contributed by atoms with Crippen LogP contribution >= 0.6 is 0 Å². The van der Waals surface area contributed by atoms with E-state index in [4.69, 9.17) is 5.11 Å². The van der Waals surface area contributed by atoms with Gasteiger partial charge in [0, 0.05) is 6.04 Å². The van der Waals surface area contributed by atoms with Crippen molar-refractivity contribution in [3.8, 4) is 0 Å². The molecule has 1 heterocycles. The smallest absolute Gasteiger partial charge is 0.0584 e. The number of nitrogens with one attached hydrogen (secondary N) is 1. The molecule has 0 aromatic rings. The van der Waals surface area contributed by atoms with Crippen molar-refractivity contribution in [2.75, 3.05) is 13.2 Å². The van der Waals surface area contributed by atoms with Gasteiger partial charge >= 0.3 is 0 Å². The Kier molecular flexibility index (Phi) is 5.64. The van der Waals surface area contributed by atoms with Crippen LogP contribution in [0.1, 0.15) is 27.2 Å². The highest BCUT2D eigenvalue weighted by atomic mass is 16.3. The van der Waals surface area contributed by atoms with E-state index < -0.39 is 0 Å². The van der Waals surface area contributed by atoms with E-state index in [-0.39, 0.29) is 0 Å². The van der Waals surface area contributed by atoms with E-state index in [0.29, 0.717) is 12.6 Å². The molecule has 0 amide bonds.